The first kappa shape index (κ1) is 12.9. The minimum absolute atomic E-state index is 0.0184. The normalized spacial score (nSPS) is 21.0. The number of piperidine rings is 1. The Labute approximate surface area is 110 Å². The lowest BCUT2D eigenvalue weighted by Gasteiger charge is -2.32. The van der Waals surface area contributed by atoms with Gasteiger partial charge in [0, 0.05) is 19.0 Å². The molecule has 1 aliphatic heterocycles. The van der Waals surface area contributed by atoms with Crippen molar-refractivity contribution in [3.8, 4) is 0 Å². The van der Waals surface area contributed by atoms with Crippen molar-refractivity contribution in [3.05, 3.63) is 22.4 Å². The Morgan fingerprint density at radius 1 is 1.67 bits per heavy atom. The molecule has 98 valence electrons. The van der Waals surface area contributed by atoms with Crippen LogP contribution in [0.25, 0.3) is 0 Å². The van der Waals surface area contributed by atoms with Gasteiger partial charge in [0.2, 0.25) is 5.91 Å². The highest BCUT2D eigenvalue weighted by Crippen LogP contribution is 2.18. The minimum atomic E-state index is -0.0184. The smallest absolute Gasteiger partial charge is 0.227 e. The Morgan fingerprint density at radius 3 is 3.17 bits per heavy atom. The zero-order valence-electron chi connectivity index (χ0n) is 10.1. The molecule has 3 N–H and O–H groups in total. The maximum atomic E-state index is 12.1. The highest BCUT2D eigenvalue weighted by atomic mass is 32.1. The van der Waals surface area contributed by atoms with Gasteiger partial charge in [0.15, 0.2) is 0 Å². The van der Waals surface area contributed by atoms with Crippen LogP contribution in [0.15, 0.2) is 22.0 Å². The van der Waals surface area contributed by atoms with E-state index in [2.05, 4.69) is 5.16 Å². The van der Waals surface area contributed by atoms with E-state index in [1.54, 1.807) is 11.3 Å². The number of carbonyl (C=O) groups excluding carboxylic acids is 1. The number of oxime groups is 1. The van der Waals surface area contributed by atoms with E-state index in [1.807, 2.05) is 21.7 Å². The van der Waals surface area contributed by atoms with Gasteiger partial charge >= 0.3 is 0 Å². The van der Waals surface area contributed by atoms with Crippen molar-refractivity contribution in [2.75, 3.05) is 13.1 Å². The fourth-order valence-electron chi connectivity index (χ4n) is 2.21. The summed E-state index contributed by atoms with van der Waals surface area (Å²) in [5.74, 6) is 0.321. The molecule has 0 aromatic carbocycles. The van der Waals surface area contributed by atoms with Crippen LogP contribution in [0.3, 0.4) is 0 Å². The molecule has 1 amide bonds. The molecule has 0 radical (unpaired) electrons. The molecule has 1 aromatic rings. The average Bonchev–Trinajstić information content (AvgIpc) is 2.90. The number of amidine groups is 1. The number of hydrogen-bond acceptors (Lipinski definition) is 4. The highest BCUT2D eigenvalue weighted by molar-refractivity contribution is 7.07. The van der Waals surface area contributed by atoms with E-state index in [9.17, 15) is 4.79 Å². The minimum Gasteiger partial charge on any atom is -0.409 e. The second-order valence-corrected chi connectivity index (χ2v) is 5.29. The van der Waals surface area contributed by atoms with Crippen LogP contribution in [0.1, 0.15) is 18.4 Å². The van der Waals surface area contributed by atoms with Crippen molar-refractivity contribution in [3.63, 3.8) is 0 Å². The SMILES string of the molecule is NC(=NO)C1CCCN(C(=O)Cc2ccsc2)C1. The van der Waals surface area contributed by atoms with Crippen LogP contribution in [0.4, 0.5) is 0 Å². The zero-order chi connectivity index (χ0) is 13.0. The van der Waals surface area contributed by atoms with Crippen LogP contribution in [-0.2, 0) is 11.2 Å². The fourth-order valence-corrected chi connectivity index (χ4v) is 2.88. The third-order valence-corrected chi connectivity index (χ3v) is 3.98. The number of nitrogens with zero attached hydrogens (tertiary/aromatic N) is 2. The molecule has 0 saturated carbocycles. The molecule has 0 bridgehead atoms. The third-order valence-electron chi connectivity index (χ3n) is 3.24. The molecule has 6 heteroatoms. The summed E-state index contributed by atoms with van der Waals surface area (Å²) in [5, 5.41) is 15.7. The van der Waals surface area contributed by atoms with Crippen molar-refractivity contribution < 1.29 is 10.0 Å². The number of amides is 1. The lowest BCUT2D eigenvalue weighted by molar-refractivity contribution is -0.131. The van der Waals surface area contributed by atoms with E-state index >= 15 is 0 Å². The lowest BCUT2D eigenvalue weighted by atomic mass is 9.96. The molecule has 0 spiro atoms. The lowest BCUT2D eigenvalue weighted by Crippen LogP contribution is -2.44. The Morgan fingerprint density at radius 2 is 2.50 bits per heavy atom. The maximum Gasteiger partial charge on any atom is 0.227 e. The number of thiophene rings is 1. The molecule has 1 aromatic heterocycles. The summed E-state index contributed by atoms with van der Waals surface area (Å²) in [6.45, 7) is 1.32. The second kappa shape index (κ2) is 5.86. The van der Waals surface area contributed by atoms with Crippen LogP contribution in [-0.4, -0.2) is 34.9 Å². The first-order valence-electron chi connectivity index (χ1n) is 5.97. The summed E-state index contributed by atoms with van der Waals surface area (Å²) < 4.78 is 0. The molecule has 1 unspecified atom stereocenters. The van der Waals surface area contributed by atoms with Crippen LogP contribution >= 0.6 is 11.3 Å². The summed E-state index contributed by atoms with van der Waals surface area (Å²) in [5.41, 5.74) is 6.66. The van der Waals surface area contributed by atoms with E-state index in [0.29, 0.717) is 13.0 Å². The average molecular weight is 267 g/mol. The van der Waals surface area contributed by atoms with Gasteiger partial charge in [0.1, 0.15) is 5.84 Å². The van der Waals surface area contributed by atoms with Gasteiger partial charge in [-0.15, -0.1) is 0 Å². The molecule has 1 fully saturated rings. The highest BCUT2D eigenvalue weighted by Gasteiger charge is 2.26. The van der Waals surface area contributed by atoms with Crippen molar-refractivity contribution in [1.29, 1.82) is 0 Å². The monoisotopic (exact) mass is 267 g/mol. The van der Waals surface area contributed by atoms with E-state index in [1.165, 1.54) is 0 Å². The van der Waals surface area contributed by atoms with E-state index < -0.39 is 0 Å². The molecular formula is C12H17N3O2S. The van der Waals surface area contributed by atoms with Gasteiger partial charge in [0.25, 0.3) is 0 Å². The Bertz CT molecular complexity index is 431. The largest absolute Gasteiger partial charge is 0.409 e. The number of hydrogen-bond donors (Lipinski definition) is 2. The summed E-state index contributed by atoms with van der Waals surface area (Å²) in [7, 11) is 0. The molecule has 5 nitrogen and oxygen atoms in total. The van der Waals surface area contributed by atoms with E-state index in [0.717, 1.165) is 24.9 Å². The van der Waals surface area contributed by atoms with E-state index in [4.69, 9.17) is 10.9 Å². The van der Waals surface area contributed by atoms with Gasteiger partial charge in [-0.05, 0) is 35.2 Å². The topological polar surface area (TPSA) is 78.9 Å². The van der Waals surface area contributed by atoms with Crippen LogP contribution < -0.4 is 5.73 Å². The van der Waals surface area contributed by atoms with E-state index in [-0.39, 0.29) is 17.7 Å². The summed E-state index contributed by atoms with van der Waals surface area (Å²) in [4.78, 5) is 13.9. The molecule has 18 heavy (non-hydrogen) atoms. The van der Waals surface area contributed by atoms with Gasteiger partial charge in [-0.2, -0.15) is 11.3 Å². The number of rotatable bonds is 3. The molecular weight excluding hydrogens is 250 g/mol. The van der Waals surface area contributed by atoms with Crippen LogP contribution in [0, 0.1) is 5.92 Å². The van der Waals surface area contributed by atoms with Crippen LogP contribution in [0.5, 0.6) is 0 Å². The number of likely N-dealkylation sites (tertiary alicyclic amines) is 1. The fraction of sp³-hybridized carbons (Fsp3) is 0.500. The first-order chi connectivity index (χ1) is 8.70. The number of nitrogens with two attached hydrogens (primary N) is 1. The molecule has 2 heterocycles. The third kappa shape index (κ3) is 3.01. The molecule has 2 rings (SSSR count). The zero-order valence-corrected chi connectivity index (χ0v) is 10.9. The number of carbonyl (C=O) groups is 1. The van der Waals surface area contributed by atoms with Gasteiger partial charge in [-0.25, -0.2) is 0 Å². The van der Waals surface area contributed by atoms with Crippen molar-refractivity contribution in [2.24, 2.45) is 16.8 Å². The van der Waals surface area contributed by atoms with Gasteiger partial charge in [0.05, 0.1) is 6.42 Å². The Hall–Kier alpha value is -1.56. The quantitative estimate of drug-likeness (QED) is 0.375. The van der Waals surface area contributed by atoms with Gasteiger partial charge in [-0.3, -0.25) is 4.79 Å². The standard InChI is InChI=1S/C12H17N3O2S/c13-12(14-17)10-2-1-4-15(7-10)11(16)6-9-3-5-18-8-9/h3,5,8,10,17H,1-2,4,6-7H2,(H2,13,14). The van der Waals surface area contributed by atoms with Crippen molar-refractivity contribution in [1.82, 2.24) is 4.90 Å². The van der Waals surface area contributed by atoms with Gasteiger partial charge in [-0.1, -0.05) is 5.16 Å². The second-order valence-electron chi connectivity index (χ2n) is 4.51. The molecule has 1 atom stereocenters. The van der Waals surface area contributed by atoms with Crippen molar-refractivity contribution >= 4 is 23.1 Å². The molecule has 1 saturated heterocycles. The first-order valence-corrected chi connectivity index (χ1v) is 6.91. The molecule has 1 aliphatic rings. The van der Waals surface area contributed by atoms with Gasteiger partial charge < -0.3 is 15.8 Å². The predicted molar refractivity (Wildman–Crippen MR) is 70.7 cm³/mol. The Kier molecular flexibility index (Phi) is 4.19. The van der Waals surface area contributed by atoms with Crippen molar-refractivity contribution in [2.45, 2.75) is 19.3 Å². The molecule has 0 aliphatic carbocycles. The summed E-state index contributed by atoms with van der Waals surface area (Å²) in [6.07, 6.45) is 2.21. The Balaban J connectivity index is 1.94. The maximum absolute atomic E-state index is 12.1. The summed E-state index contributed by atoms with van der Waals surface area (Å²) in [6, 6.07) is 1.97. The predicted octanol–water partition coefficient (Wildman–Crippen LogP) is 1.28. The van der Waals surface area contributed by atoms with Crippen LogP contribution in [0.2, 0.25) is 0 Å². The summed E-state index contributed by atoms with van der Waals surface area (Å²) >= 11 is 1.59.